The fraction of sp³-hybridized carbons (Fsp3) is 0.261. The van der Waals surface area contributed by atoms with Gasteiger partial charge in [0.25, 0.3) is 5.91 Å². The predicted octanol–water partition coefficient (Wildman–Crippen LogP) is 4.78. The van der Waals surface area contributed by atoms with Crippen LogP contribution in [0.3, 0.4) is 0 Å². The molecule has 3 aromatic rings. The molecule has 3 rings (SSSR count). The molecule has 0 aliphatic rings. The lowest BCUT2D eigenvalue weighted by molar-refractivity contribution is 0.102. The molecule has 0 saturated heterocycles. The zero-order valence-corrected chi connectivity index (χ0v) is 17.2. The van der Waals surface area contributed by atoms with Crippen LogP contribution in [0.5, 0.6) is 5.75 Å². The SMILES string of the molecule is COc1ccc(CNc2nc(C)cc(C(=O)Nc3ccccc3C(C)C)n2)cc1. The van der Waals surface area contributed by atoms with Gasteiger partial charge in [0.15, 0.2) is 0 Å². The Labute approximate surface area is 171 Å². The van der Waals surface area contributed by atoms with Crippen LogP contribution in [0.4, 0.5) is 11.6 Å². The first-order valence-corrected chi connectivity index (χ1v) is 9.59. The molecule has 0 aliphatic heterocycles. The molecule has 0 unspecified atom stereocenters. The fourth-order valence-electron chi connectivity index (χ4n) is 2.99. The Morgan fingerprint density at radius 2 is 1.79 bits per heavy atom. The van der Waals surface area contributed by atoms with E-state index in [9.17, 15) is 4.79 Å². The summed E-state index contributed by atoms with van der Waals surface area (Å²) in [6.07, 6.45) is 0. The minimum absolute atomic E-state index is 0.254. The minimum atomic E-state index is -0.254. The lowest BCUT2D eigenvalue weighted by Crippen LogP contribution is -2.17. The van der Waals surface area contributed by atoms with Gasteiger partial charge in [-0.15, -0.1) is 0 Å². The first kappa shape index (κ1) is 20.3. The Kier molecular flexibility index (Phi) is 6.44. The van der Waals surface area contributed by atoms with Crippen LogP contribution in [0.1, 0.15) is 47.1 Å². The number of rotatable bonds is 7. The van der Waals surface area contributed by atoms with Gasteiger partial charge in [-0.1, -0.05) is 44.2 Å². The maximum atomic E-state index is 12.8. The summed E-state index contributed by atoms with van der Waals surface area (Å²) >= 11 is 0. The van der Waals surface area contributed by atoms with Crippen LogP contribution in [0.15, 0.2) is 54.6 Å². The van der Waals surface area contributed by atoms with E-state index in [4.69, 9.17) is 4.74 Å². The van der Waals surface area contributed by atoms with Crippen molar-refractivity contribution in [3.05, 3.63) is 77.1 Å². The van der Waals surface area contributed by atoms with E-state index in [1.54, 1.807) is 13.2 Å². The third-order valence-electron chi connectivity index (χ3n) is 4.53. The van der Waals surface area contributed by atoms with Crippen molar-refractivity contribution in [1.82, 2.24) is 9.97 Å². The number of methoxy groups -OCH3 is 1. The molecular formula is C23H26N4O2. The normalized spacial score (nSPS) is 10.7. The number of anilines is 2. The Morgan fingerprint density at radius 1 is 1.07 bits per heavy atom. The number of benzene rings is 2. The summed E-state index contributed by atoms with van der Waals surface area (Å²) in [6.45, 7) is 6.59. The molecule has 6 nitrogen and oxygen atoms in total. The molecule has 1 aromatic heterocycles. The van der Waals surface area contributed by atoms with Crippen LogP contribution in [-0.4, -0.2) is 23.0 Å². The summed E-state index contributed by atoms with van der Waals surface area (Å²) in [5.74, 6) is 1.28. The number of hydrogen-bond donors (Lipinski definition) is 2. The van der Waals surface area contributed by atoms with E-state index in [1.807, 2.05) is 55.5 Å². The first-order chi connectivity index (χ1) is 14.0. The topological polar surface area (TPSA) is 76.1 Å². The summed E-state index contributed by atoms with van der Waals surface area (Å²) in [7, 11) is 1.64. The van der Waals surface area contributed by atoms with E-state index < -0.39 is 0 Å². The average Bonchev–Trinajstić information content (AvgIpc) is 2.72. The zero-order valence-electron chi connectivity index (χ0n) is 17.2. The molecule has 0 saturated carbocycles. The third kappa shape index (κ3) is 5.31. The van der Waals surface area contributed by atoms with Gasteiger partial charge in [-0.3, -0.25) is 4.79 Å². The molecule has 29 heavy (non-hydrogen) atoms. The van der Waals surface area contributed by atoms with Gasteiger partial charge in [0.05, 0.1) is 7.11 Å². The first-order valence-electron chi connectivity index (χ1n) is 9.59. The predicted molar refractivity (Wildman–Crippen MR) is 116 cm³/mol. The number of hydrogen-bond acceptors (Lipinski definition) is 5. The van der Waals surface area contributed by atoms with E-state index in [0.29, 0.717) is 24.1 Å². The van der Waals surface area contributed by atoms with E-state index in [0.717, 1.165) is 28.3 Å². The van der Waals surface area contributed by atoms with Crippen molar-refractivity contribution in [2.45, 2.75) is 33.2 Å². The summed E-state index contributed by atoms with van der Waals surface area (Å²) in [6, 6.07) is 17.2. The van der Waals surface area contributed by atoms with Crippen molar-refractivity contribution in [1.29, 1.82) is 0 Å². The van der Waals surface area contributed by atoms with Crippen LogP contribution < -0.4 is 15.4 Å². The molecule has 1 amide bonds. The van der Waals surface area contributed by atoms with Crippen molar-refractivity contribution < 1.29 is 9.53 Å². The minimum Gasteiger partial charge on any atom is -0.497 e. The van der Waals surface area contributed by atoms with E-state index in [1.165, 1.54) is 0 Å². The standard InChI is InChI=1S/C23H26N4O2/c1-15(2)19-7-5-6-8-20(19)26-22(28)21-13-16(3)25-23(27-21)24-14-17-9-11-18(29-4)12-10-17/h5-13,15H,14H2,1-4H3,(H,26,28)(H,24,25,27). The molecule has 6 heteroatoms. The zero-order chi connectivity index (χ0) is 20.8. The monoisotopic (exact) mass is 390 g/mol. The molecule has 0 bridgehead atoms. The van der Waals surface area contributed by atoms with Crippen molar-refractivity contribution in [2.75, 3.05) is 17.7 Å². The van der Waals surface area contributed by atoms with Gasteiger partial charge in [0.1, 0.15) is 11.4 Å². The summed E-state index contributed by atoms with van der Waals surface area (Å²) in [5, 5.41) is 6.16. The van der Waals surface area contributed by atoms with Crippen LogP contribution >= 0.6 is 0 Å². The molecule has 0 aliphatic carbocycles. The molecule has 2 N–H and O–H groups in total. The van der Waals surface area contributed by atoms with Crippen LogP contribution in [0.2, 0.25) is 0 Å². The maximum absolute atomic E-state index is 12.8. The van der Waals surface area contributed by atoms with Crippen LogP contribution in [0.25, 0.3) is 0 Å². The van der Waals surface area contributed by atoms with Gasteiger partial charge in [0.2, 0.25) is 5.95 Å². The number of nitrogens with zero attached hydrogens (tertiary/aromatic N) is 2. The fourth-order valence-corrected chi connectivity index (χ4v) is 2.99. The summed E-state index contributed by atoms with van der Waals surface area (Å²) in [4.78, 5) is 21.6. The van der Waals surface area contributed by atoms with E-state index >= 15 is 0 Å². The number of ether oxygens (including phenoxy) is 1. The van der Waals surface area contributed by atoms with Gasteiger partial charge in [-0.25, -0.2) is 9.97 Å². The number of amides is 1. The molecule has 0 atom stereocenters. The third-order valence-corrected chi connectivity index (χ3v) is 4.53. The molecule has 1 heterocycles. The van der Waals surface area contributed by atoms with Gasteiger partial charge < -0.3 is 15.4 Å². The number of para-hydroxylation sites is 1. The molecule has 150 valence electrons. The maximum Gasteiger partial charge on any atom is 0.274 e. The number of aryl methyl sites for hydroxylation is 1. The summed E-state index contributed by atoms with van der Waals surface area (Å²) < 4.78 is 5.17. The highest BCUT2D eigenvalue weighted by Crippen LogP contribution is 2.24. The van der Waals surface area contributed by atoms with Gasteiger partial charge in [0, 0.05) is 17.9 Å². The van der Waals surface area contributed by atoms with Crippen molar-refractivity contribution in [3.63, 3.8) is 0 Å². The van der Waals surface area contributed by atoms with Gasteiger partial charge in [-0.05, 0) is 48.2 Å². The van der Waals surface area contributed by atoms with Crippen molar-refractivity contribution >= 4 is 17.5 Å². The highest BCUT2D eigenvalue weighted by molar-refractivity contribution is 6.03. The second-order valence-electron chi connectivity index (χ2n) is 7.12. The largest absolute Gasteiger partial charge is 0.497 e. The molecule has 0 radical (unpaired) electrons. The number of nitrogens with one attached hydrogen (secondary N) is 2. The molecule has 2 aromatic carbocycles. The molecule has 0 spiro atoms. The quantitative estimate of drug-likeness (QED) is 0.607. The Morgan fingerprint density at radius 3 is 2.48 bits per heavy atom. The lowest BCUT2D eigenvalue weighted by Gasteiger charge is -2.14. The number of carbonyl (C=O) groups excluding carboxylic acids is 1. The number of aromatic nitrogens is 2. The molecular weight excluding hydrogens is 364 g/mol. The lowest BCUT2D eigenvalue weighted by atomic mass is 10.0. The van der Waals surface area contributed by atoms with E-state index in [-0.39, 0.29) is 5.91 Å². The van der Waals surface area contributed by atoms with Gasteiger partial charge >= 0.3 is 0 Å². The van der Waals surface area contributed by atoms with Crippen molar-refractivity contribution in [2.24, 2.45) is 0 Å². The van der Waals surface area contributed by atoms with Crippen LogP contribution in [-0.2, 0) is 6.54 Å². The second-order valence-corrected chi connectivity index (χ2v) is 7.12. The Bertz CT molecular complexity index is 984. The van der Waals surface area contributed by atoms with Gasteiger partial charge in [-0.2, -0.15) is 0 Å². The number of carbonyl (C=O) groups is 1. The Balaban J connectivity index is 1.73. The van der Waals surface area contributed by atoms with Crippen molar-refractivity contribution in [3.8, 4) is 5.75 Å². The smallest absolute Gasteiger partial charge is 0.274 e. The summed E-state index contributed by atoms with van der Waals surface area (Å²) in [5.41, 5.74) is 4.00. The van der Waals surface area contributed by atoms with E-state index in [2.05, 4.69) is 34.4 Å². The molecule has 0 fully saturated rings. The van der Waals surface area contributed by atoms with Crippen LogP contribution in [0, 0.1) is 6.92 Å². The Hall–Kier alpha value is -3.41. The average molecular weight is 390 g/mol. The highest BCUT2D eigenvalue weighted by atomic mass is 16.5. The highest BCUT2D eigenvalue weighted by Gasteiger charge is 2.14. The second kappa shape index (κ2) is 9.19.